The van der Waals surface area contributed by atoms with Crippen molar-refractivity contribution in [2.45, 2.75) is 0 Å². The molecule has 1 rings (SSSR count). The van der Waals surface area contributed by atoms with E-state index in [9.17, 15) is 0 Å². The van der Waals surface area contributed by atoms with Crippen LogP contribution >= 0.6 is 12.4 Å². The maximum Gasteiger partial charge on any atom is 0.0864 e. The van der Waals surface area contributed by atoms with Crippen LogP contribution in [0.4, 0.5) is 0 Å². The van der Waals surface area contributed by atoms with E-state index < -0.39 is 0 Å². The monoisotopic (exact) mass is 185 g/mol. The van der Waals surface area contributed by atoms with Crippen LogP contribution in [0.5, 0.6) is 0 Å². The molecular weight excluding hydrogens is 174 g/mol. The summed E-state index contributed by atoms with van der Waals surface area (Å²) in [4.78, 5) is 4.38. The van der Waals surface area contributed by atoms with E-state index in [1.54, 1.807) is 0 Å². The van der Waals surface area contributed by atoms with Gasteiger partial charge in [0.2, 0.25) is 0 Å². The van der Waals surface area contributed by atoms with Crippen molar-refractivity contribution in [1.82, 2.24) is 0 Å². The molecular formula is C9H12ClNO. The van der Waals surface area contributed by atoms with Crippen LogP contribution in [0.15, 0.2) is 36.4 Å². The lowest BCUT2D eigenvalue weighted by molar-refractivity contribution is 0.168. The lowest BCUT2D eigenvalue weighted by Crippen LogP contribution is -1.96. The Bertz CT molecular complexity index is 223. The zero-order chi connectivity index (χ0) is 7.94. The topological polar surface area (TPSA) is 35.2 Å². The van der Waals surface area contributed by atoms with Crippen molar-refractivity contribution in [3.05, 3.63) is 42.0 Å². The van der Waals surface area contributed by atoms with E-state index in [1.165, 1.54) is 0 Å². The van der Waals surface area contributed by atoms with Crippen LogP contribution in [0.1, 0.15) is 5.56 Å². The summed E-state index contributed by atoms with van der Waals surface area (Å²) in [6, 6.07) is 10.0. The first-order valence-corrected chi connectivity index (χ1v) is 3.47. The van der Waals surface area contributed by atoms with E-state index >= 15 is 0 Å². The first-order valence-electron chi connectivity index (χ1n) is 3.47. The molecule has 0 unspecified atom stereocenters. The van der Waals surface area contributed by atoms with Crippen molar-refractivity contribution in [2.24, 2.45) is 5.90 Å². The summed E-state index contributed by atoms with van der Waals surface area (Å²) in [7, 11) is 0. The van der Waals surface area contributed by atoms with Gasteiger partial charge in [0, 0.05) is 0 Å². The van der Waals surface area contributed by atoms with Crippen LogP contribution in [0.25, 0.3) is 6.08 Å². The van der Waals surface area contributed by atoms with Gasteiger partial charge in [-0.3, -0.25) is 0 Å². The van der Waals surface area contributed by atoms with E-state index in [0.717, 1.165) is 5.56 Å². The predicted molar refractivity (Wildman–Crippen MR) is 52.9 cm³/mol. The third kappa shape index (κ3) is 4.13. The molecule has 2 nitrogen and oxygen atoms in total. The number of hydrogen-bond donors (Lipinski definition) is 1. The van der Waals surface area contributed by atoms with E-state index in [2.05, 4.69) is 4.84 Å². The summed E-state index contributed by atoms with van der Waals surface area (Å²) in [6.07, 6.45) is 3.84. The van der Waals surface area contributed by atoms with Gasteiger partial charge in [-0.1, -0.05) is 42.5 Å². The largest absolute Gasteiger partial charge is 0.300 e. The Morgan fingerprint density at radius 2 is 1.92 bits per heavy atom. The molecule has 0 amide bonds. The molecule has 66 valence electrons. The molecule has 0 saturated carbocycles. The minimum absolute atomic E-state index is 0. The van der Waals surface area contributed by atoms with Gasteiger partial charge in [-0.2, -0.15) is 0 Å². The van der Waals surface area contributed by atoms with Crippen LogP contribution in [-0.2, 0) is 4.84 Å². The van der Waals surface area contributed by atoms with Gasteiger partial charge in [-0.25, -0.2) is 5.90 Å². The fourth-order valence-corrected chi connectivity index (χ4v) is 0.804. The molecule has 0 radical (unpaired) electrons. The minimum atomic E-state index is 0. The molecule has 0 atom stereocenters. The van der Waals surface area contributed by atoms with Gasteiger partial charge >= 0.3 is 0 Å². The van der Waals surface area contributed by atoms with Crippen molar-refractivity contribution in [2.75, 3.05) is 6.61 Å². The third-order valence-electron chi connectivity index (χ3n) is 1.30. The Kier molecular flexibility index (Phi) is 6.38. The zero-order valence-electron chi connectivity index (χ0n) is 6.64. The fraction of sp³-hybridized carbons (Fsp3) is 0.111. The molecule has 0 aromatic heterocycles. The second-order valence-electron chi connectivity index (χ2n) is 2.15. The molecule has 3 heteroatoms. The smallest absolute Gasteiger partial charge is 0.0864 e. The molecule has 0 bridgehead atoms. The normalized spacial score (nSPS) is 9.75. The van der Waals surface area contributed by atoms with Gasteiger partial charge in [0.15, 0.2) is 0 Å². The molecule has 1 aromatic rings. The maximum absolute atomic E-state index is 4.84. The molecule has 0 aliphatic carbocycles. The quantitative estimate of drug-likeness (QED) is 0.732. The number of halogens is 1. The molecule has 0 aliphatic rings. The standard InChI is InChI=1S/C9H11NO.ClH/c10-11-8-4-7-9-5-2-1-3-6-9;/h1-7H,8,10H2;1H. The SMILES string of the molecule is Cl.NOCC=Cc1ccccc1. The molecule has 1 aromatic carbocycles. The summed E-state index contributed by atoms with van der Waals surface area (Å²) in [5, 5.41) is 0. The van der Waals surface area contributed by atoms with Crippen molar-refractivity contribution in [1.29, 1.82) is 0 Å². The van der Waals surface area contributed by atoms with Crippen molar-refractivity contribution >= 4 is 18.5 Å². The number of rotatable bonds is 3. The second kappa shape index (κ2) is 6.85. The van der Waals surface area contributed by atoms with Crippen molar-refractivity contribution in [3.63, 3.8) is 0 Å². The lowest BCUT2D eigenvalue weighted by atomic mass is 10.2. The van der Waals surface area contributed by atoms with E-state index in [4.69, 9.17) is 5.90 Å². The van der Waals surface area contributed by atoms with Crippen LogP contribution in [0.2, 0.25) is 0 Å². The zero-order valence-corrected chi connectivity index (χ0v) is 7.46. The van der Waals surface area contributed by atoms with Crippen molar-refractivity contribution < 1.29 is 4.84 Å². The van der Waals surface area contributed by atoms with Gasteiger partial charge in [-0.05, 0) is 5.56 Å². The van der Waals surface area contributed by atoms with Gasteiger partial charge in [0.1, 0.15) is 0 Å². The van der Waals surface area contributed by atoms with E-state index in [1.807, 2.05) is 42.5 Å². The molecule has 0 aliphatic heterocycles. The van der Waals surface area contributed by atoms with Crippen molar-refractivity contribution in [3.8, 4) is 0 Å². The average Bonchev–Trinajstić information content (AvgIpc) is 2.07. The van der Waals surface area contributed by atoms with Gasteiger partial charge in [-0.15, -0.1) is 12.4 Å². The Morgan fingerprint density at radius 3 is 2.50 bits per heavy atom. The average molecular weight is 186 g/mol. The van der Waals surface area contributed by atoms with Crippen LogP contribution < -0.4 is 5.90 Å². The summed E-state index contributed by atoms with van der Waals surface area (Å²) in [5.74, 6) is 4.84. The molecule has 12 heavy (non-hydrogen) atoms. The Hall–Kier alpha value is -0.830. The highest BCUT2D eigenvalue weighted by atomic mass is 35.5. The summed E-state index contributed by atoms with van der Waals surface area (Å²) >= 11 is 0. The first-order chi connectivity index (χ1) is 5.43. The van der Waals surface area contributed by atoms with E-state index in [-0.39, 0.29) is 12.4 Å². The summed E-state index contributed by atoms with van der Waals surface area (Å²) < 4.78 is 0. The predicted octanol–water partition coefficient (Wildman–Crippen LogP) is 2.01. The summed E-state index contributed by atoms with van der Waals surface area (Å²) in [5.41, 5.74) is 1.16. The van der Waals surface area contributed by atoms with Crippen LogP contribution in [0, 0.1) is 0 Å². The third-order valence-corrected chi connectivity index (χ3v) is 1.30. The highest BCUT2D eigenvalue weighted by Gasteiger charge is 1.80. The first kappa shape index (κ1) is 11.2. The van der Waals surface area contributed by atoms with Crippen LogP contribution in [0.3, 0.4) is 0 Å². The molecule has 2 N–H and O–H groups in total. The molecule has 0 fully saturated rings. The Balaban J connectivity index is 0.00000121. The number of hydrogen-bond acceptors (Lipinski definition) is 2. The highest BCUT2D eigenvalue weighted by molar-refractivity contribution is 5.85. The number of nitrogens with two attached hydrogens (primary N) is 1. The second-order valence-corrected chi connectivity index (χ2v) is 2.15. The molecule has 0 heterocycles. The minimum Gasteiger partial charge on any atom is -0.300 e. The Labute approximate surface area is 78.4 Å². The Morgan fingerprint density at radius 1 is 1.25 bits per heavy atom. The fourth-order valence-electron chi connectivity index (χ4n) is 0.804. The molecule has 0 spiro atoms. The summed E-state index contributed by atoms with van der Waals surface area (Å²) in [6.45, 7) is 0.453. The lowest BCUT2D eigenvalue weighted by Gasteiger charge is -1.90. The van der Waals surface area contributed by atoms with Crippen LogP contribution in [-0.4, -0.2) is 6.61 Å². The molecule has 0 saturated heterocycles. The van der Waals surface area contributed by atoms with Gasteiger partial charge < -0.3 is 4.84 Å². The van der Waals surface area contributed by atoms with Gasteiger partial charge in [0.25, 0.3) is 0 Å². The maximum atomic E-state index is 4.84. The van der Waals surface area contributed by atoms with E-state index in [0.29, 0.717) is 6.61 Å². The van der Waals surface area contributed by atoms with Gasteiger partial charge in [0.05, 0.1) is 6.61 Å². The number of benzene rings is 1. The highest BCUT2D eigenvalue weighted by Crippen LogP contribution is 1.99.